The van der Waals surface area contributed by atoms with E-state index >= 15 is 0 Å². The summed E-state index contributed by atoms with van der Waals surface area (Å²) in [6.45, 7) is -0.0140. The van der Waals surface area contributed by atoms with Crippen molar-refractivity contribution >= 4 is 22.9 Å². The Labute approximate surface area is 363 Å². The van der Waals surface area contributed by atoms with Crippen LogP contribution < -0.4 is 14.8 Å². The summed E-state index contributed by atoms with van der Waals surface area (Å²) in [6.07, 6.45) is 2.35. The second-order valence-corrected chi connectivity index (χ2v) is 14.7. The van der Waals surface area contributed by atoms with Crippen LogP contribution in [-0.4, -0.2) is 73.5 Å². The van der Waals surface area contributed by atoms with Crippen LogP contribution in [0.5, 0.6) is 11.5 Å². The van der Waals surface area contributed by atoms with Gasteiger partial charge in [0.15, 0.2) is 22.8 Å². The Balaban J connectivity index is 1.07. The molecule has 1 saturated heterocycles. The first kappa shape index (κ1) is 40.6. The molecule has 3 atom stereocenters. The maximum atomic E-state index is 13.3. The number of carbonyl (C=O) groups excluding carboxylic acids is 1. The Morgan fingerprint density at radius 2 is 1.41 bits per heavy atom. The van der Waals surface area contributed by atoms with Crippen molar-refractivity contribution in [3.8, 4) is 34.7 Å². The Kier molecular flexibility index (Phi) is 11.7. The van der Waals surface area contributed by atoms with E-state index in [1.165, 1.54) is 6.33 Å². The molecule has 0 spiro atoms. The summed E-state index contributed by atoms with van der Waals surface area (Å²) < 4.78 is 26.6. The van der Waals surface area contributed by atoms with Crippen LogP contribution >= 0.6 is 0 Å². The highest BCUT2D eigenvalue weighted by Gasteiger charge is 2.43. The standard InChI is InChI=1S/C50H41N7O6/c1-60-38-22-18-36(19-23-38)50(35-13-7-4-8-14-35,37-20-24-39(61-2)25-21-37)62-31-43-42(58)29-45(63-43)57-44(27-17-33-16-26-41(52-30-33)40-15-9-10-28-51-40)55-46-47(53-32-54-48(46)57)56-49(59)34-11-5-3-6-12-34/h3-16,18-26,28,30,32,42-43,45,58H,29,31H2,1-2H3,(H,53,54,56,59)/t42-,43+,45+/m0/s1. The van der Waals surface area contributed by atoms with Gasteiger partial charge in [-0.3, -0.25) is 19.3 Å². The van der Waals surface area contributed by atoms with E-state index in [0.717, 1.165) is 22.4 Å². The van der Waals surface area contributed by atoms with Gasteiger partial charge in [-0.05, 0) is 83.3 Å². The molecule has 2 N–H and O–H groups in total. The van der Waals surface area contributed by atoms with Gasteiger partial charge in [0.2, 0.25) is 0 Å². The van der Waals surface area contributed by atoms with E-state index in [0.29, 0.717) is 39.5 Å². The predicted octanol–water partition coefficient (Wildman–Crippen LogP) is 7.61. The summed E-state index contributed by atoms with van der Waals surface area (Å²) in [6, 6.07) is 43.6. The Morgan fingerprint density at radius 3 is 2.05 bits per heavy atom. The van der Waals surface area contributed by atoms with Gasteiger partial charge >= 0.3 is 0 Å². The molecule has 312 valence electrons. The second kappa shape index (κ2) is 18.1. The zero-order valence-electron chi connectivity index (χ0n) is 34.3. The van der Waals surface area contributed by atoms with Gasteiger partial charge in [-0.25, -0.2) is 15.0 Å². The molecule has 63 heavy (non-hydrogen) atoms. The maximum Gasteiger partial charge on any atom is 0.256 e. The fourth-order valence-electron chi connectivity index (χ4n) is 7.70. The van der Waals surface area contributed by atoms with Gasteiger partial charge < -0.3 is 29.4 Å². The molecule has 5 heterocycles. The van der Waals surface area contributed by atoms with Crippen LogP contribution in [0.25, 0.3) is 22.6 Å². The molecule has 1 fully saturated rings. The lowest BCUT2D eigenvalue weighted by atomic mass is 9.80. The minimum atomic E-state index is -1.14. The molecule has 0 bridgehead atoms. The number of benzene rings is 4. The summed E-state index contributed by atoms with van der Waals surface area (Å²) in [7, 11) is 3.25. The quantitative estimate of drug-likeness (QED) is 0.0923. The van der Waals surface area contributed by atoms with Crippen molar-refractivity contribution in [1.29, 1.82) is 0 Å². The normalized spacial score (nSPS) is 16.0. The number of anilines is 1. The third-order valence-electron chi connectivity index (χ3n) is 10.9. The topological polar surface area (TPSA) is 156 Å². The van der Waals surface area contributed by atoms with Crippen molar-refractivity contribution in [2.75, 3.05) is 26.1 Å². The number of hydrogen-bond acceptors (Lipinski definition) is 11. The third kappa shape index (κ3) is 8.34. The molecular weight excluding hydrogens is 795 g/mol. The van der Waals surface area contributed by atoms with Crippen LogP contribution in [-0.2, 0) is 15.1 Å². The zero-order chi connectivity index (χ0) is 43.2. The maximum absolute atomic E-state index is 13.3. The van der Waals surface area contributed by atoms with Crippen molar-refractivity contribution in [1.82, 2.24) is 29.5 Å². The molecule has 1 aliphatic heterocycles. The van der Waals surface area contributed by atoms with Crippen molar-refractivity contribution in [3.63, 3.8) is 0 Å². The van der Waals surface area contributed by atoms with Crippen molar-refractivity contribution < 1.29 is 28.8 Å². The number of fused-ring (bicyclic) bond motifs is 1. The average molecular weight is 836 g/mol. The summed E-state index contributed by atoms with van der Waals surface area (Å²) in [5.41, 5.74) is 4.59. The number of amides is 1. The van der Waals surface area contributed by atoms with Crippen molar-refractivity contribution in [2.45, 2.75) is 30.5 Å². The number of nitrogens with zero attached hydrogens (tertiary/aromatic N) is 6. The number of aliphatic hydroxyl groups is 1. The Bertz CT molecular complexity index is 2840. The number of imidazole rings is 1. The van der Waals surface area contributed by atoms with Crippen LogP contribution in [0.4, 0.5) is 5.82 Å². The number of nitrogens with one attached hydrogen (secondary N) is 1. The third-order valence-corrected chi connectivity index (χ3v) is 10.9. The number of methoxy groups -OCH3 is 2. The molecular formula is C50H41N7O6. The lowest BCUT2D eigenvalue weighted by molar-refractivity contribution is -0.0932. The van der Waals surface area contributed by atoms with Crippen LogP contribution in [0.15, 0.2) is 158 Å². The van der Waals surface area contributed by atoms with E-state index in [1.54, 1.807) is 55.4 Å². The molecule has 4 aromatic heterocycles. The van der Waals surface area contributed by atoms with Gasteiger partial charge in [0, 0.05) is 29.9 Å². The summed E-state index contributed by atoms with van der Waals surface area (Å²) in [4.78, 5) is 36.2. The molecule has 9 rings (SSSR count). The number of aromatic nitrogens is 6. The van der Waals surface area contributed by atoms with E-state index in [9.17, 15) is 9.90 Å². The van der Waals surface area contributed by atoms with Crippen LogP contribution in [0.2, 0.25) is 0 Å². The number of pyridine rings is 2. The number of hydrogen-bond donors (Lipinski definition) is 2. The van der Waals surface area contributed by atoms with E-state index in [1.807, 2.05) is 115 Å². The summed E-state index contributed by atoms with van der Waals surface area (Å²) in [5, 5.41) is 14.7. The molecule has 0 aliphatic carbocycles. The second-order valence-electron chi connectivity index (χ2n) is 14.7. The van der Waals surface area contributed by atoms with E-state index in [2.05, 4.69) is 37.1 Å². The fraction of sp³-hybridized carbons (Fsp3) is 0.160. The molecule has 8 aromatic rings. The monoisotopic (exact) mass is 835 g/mol. The van der Waals surface area contributed by atoms with E-state index < -0.39 is 24.0 Å². The number of aliphatic hydroxyl groups excluding tert-OH is 1. The Hall–Kier alpha value is -7.76. The van der Waals surface area contributed by atoms with Crippen LogP contribution in [0.1, 0.15) is 51.1 Å². The zero-order valence-corrected chi connectivity index (χ0v) is 34.3. The highest BCUT2D eigenvalue weighted by molar-refractivity contribution is 6.06. The molecule has 1 amide bonds. The number of ether oxygens (including phenoxy) is 4. The lowest BCUT2D eigenvalue weighted by Gasteiger charge is -2.37. The van der Waals surface area contributed by atoms with Gasteiger partial charge in [0.05, 0.1) is 38.3 Å². The average Bonchev–Trinajstić information content (AvgIpc) is 3.92. The van der Waals surface area contributed by atoms with Crippen molar-refractivity contribution in [3.05, 3.63) is 192 Å². The van der Waals surface area contributed by atoms with E-state index in [4.69, 9.17) is 23.9 Å². The largest absolute Gasteiger partial charge is 0.497 e. The lowest BCUT2D eigenvalue weighted by Crippen LogP contribution is -2.38. The first-order chi connectivity index (χ1) is 30.9. The molecule has 13 heteroatoms. The highest BCUT2D eigenvalue weighted by Crippen LogP contribution is 2.43. The molecule has 13 nitrogen and oxygen atoms in total. The van der Waals surface area contributed by atoms with Gasteiger partial charge in [0.25, 0.3) is 5.91 Å². The van der Waals surface area contributed by atoms with Crippen LogP contribution in [0.3, 0.4) is 0 Å². The SMILES string of the molecule is COc1ccc(C(OC[C@H]2O[C@@H](n3c(C#Cc4ccc(-c5ccccn5)nc4)nc4c(NC(=O)c5ccccc5)ncnc43)C[C@@H]2O)(c2ccccc2)c2ccc(OC)cc2)cc1. The van der Waals surface area contributed by atoms with E-state index in [-0.39, 0.29) is 30.6 Å². The first-order valence-corrected chi connectivity index (χ1v) is 20.2. The Morgan fingerprint density at radius 1 is 0.762 bits per heavy atom. The molecule has 0 unspecified atom stereocenters. The smallest absolute Gasteiger partial charge is 0.256 e. The first-order valence-electron chi connectivity index (χ1n) is 20.2. The fourth-order valence-corrected chi connectivity index (χ4v) is 7.70. The number of rotatable bonds is 12. The minimum Gasteiger partial charge on any atom is -0.497 e. The summed E-state index contributed by atoms with van der Waals surface area (Å²) >= 11 is 0. The van der Waals surface area contributed by atoms with Gasteiger partial charge in [0.1, 0.15) is 35.8 Å². The van der Waals surface area contributed by atoms with Crippen molar-refractivity contribution in [2.24, 2.45) is 0 Å². The minimum absolute atomic E-state index is 0.0140. The van der Waals surface area contributed by atoms with Gasteiger partial charge in [-0.1, -0.05) is 84.8 Å². The molecule has 1 aliphatic rings. The van der Waals surface area contributed by atoms with Crippen LogP contribution in [0, 0.1) is 11.8 Å². The van der Waals surface area contributed by atoms with Gasteiger partial charge in [-0.2, -0.15) is 0 Å². The predicted molar refractivity (Wildman–Crippen MR) is 236 cm³/mol. The number of carbonyl (C=O) groups is 1. The summed E-state index contributed by atoms with van der Waals surface area (Å²) in [5.74, 6) is 7.87. The molecule has 4 aromatic carbocycles. The molecule has 0 radical (unpaired) electrons. The molecule has 0 saturated carbocycles. The van der Waals surface area contributed by atoms with Gasteiger partial charge in [-0.15, -0.1) is 0 Å². The highest BCUT2D eigenvalue weighted by atomic mass is 16.6.